The number of hydrogen-bond donors (Lipinski definition) is 2. The molecular weight excluding hydrogens is 272 g/mol. The molecule has 0 aliphatic carbocycles. The summed E-state index contributed by atoms with van der Waals surface area (Å²) in [6.07, 6.45) is 2.55. The highest BCUT2D eigenvalue weighted by Crippen LogP contribution is 2.18. The van der Waals surface area contributed by atoms with Gasteiger partial charge in [-0.05, 0) is 30.9 Å². The standard InChI is InChI=1S/C15H24N2O2S/c1-12(13-4-6-14(20-3)7-5-13)16-9-8-15(18)17-10-11-19-2/h4-7,12,16H,8-11H2,1-3H3,(H,17,18). The largest absolute Gasteiger partial charge is 0.383 e. The fraction of sp³-hybridized carbons (Fsp3) is 0.533. The molecule has 1 unspecified atom stereocenters. The fourth-order valence-corrected chi connectivity index (χ4v) is 2.20. The average molecular weight is 296 g/mol. The van der Waals surface area contributed by atoms with Gasteiger partial charge in [0.2, 0.25) is 5.91 Å². The van der Waals surface area contributed by atoms with Crippen molar-refractivity contribution in [2.24, 2.45) is 0 Å². The molecule has 2 N–H and O–H groups in total. The van der Waals surface area contributed by atoms with Crippen LogP contribution in [0.2, 0.25) is 0 Å². The van der Waals surface area contributed by atoms with E-state index in [0.29, 0.717) is 26.1 Å². The molecule has 1 atom stereocenters. The molecule has 20 heavy (non-hydrogen) atoms. The van der Waals surface area contributed by atoms with Crippen LogP contribution in [-0.4, -0.2) is 39.0 Å². The van der Waals surface area contributed by atoms with Gasteiger partial charge in [-0.15, -0.1) is 11.8 Å². The average Bonchev–Trinajstić information content (AvgIpc) is 2.47. The minimum atomic E-state index is 0.0551. The molecule has 0 bridgehead atoms. The lowest BCUT2D eigenvalue weighted by atomic mass is 10.1. The number of hydrogen-bond acceptors (Lipinski definition) is 4. The van der Waals surface area contributed by atoms with Crippen molar-refractivity contribution in [3.63, 3.8) is 0 Å². The maximum Gasteiger partial charge on any atom is 0.221 e. The van der Waals surface area contributed by atoms with Crippen molar-refractivity contribution in [2.45, 2.75) is 24.3 Å². The van der Waals surface area contributed by atoms with E-state index in [2.05, 4.69) is 48.1 Å². The van der Waals surface area contributed by atoms with Gasteiger partial charge in [-0.3, -0.25) is 4.79 Å². The molecule has 1 amide bonds. The summed E-state index contributed by atoms with van der Waals surface area (Å²) < 4.78 is 4.88. The first-order chi connectivity index (χ1) is 9.67. The number of thioether (sulfide) groups is 1. The summed E-state index contributed by atoms with van der Waals surface area (Å²) in [7, 11) is 1.62. The Morgan fingerprint density at radius 2 is 2.00 bits per heavy atom. The molecule has 4 nitrogen and oxygen atoms in total. The lowest BCUT2D eigenvalue weighted by Gasteiger charge is -2.14. The minimum absolute atomic E-state index is 0.0551. The Balaban J connectivity index is 2.25. The number of nitrogens with one attached hydrogen (secondary N) is 2. The summed E-state index contributed by atoms with van der Waals surface area (Å²) in [6.45, 7) is 3.90. The Morgan fingerprint density at radius 1 is 1.30 bits per heavy atom. The maximum atomic E-state index is 11.5. The maximum absolute atomic E-state index is 11.5. The van der Waals surface area contributed by atoms with Gasteiger partial charge >= 0.3 is 0 Å². The molecule has 0 saturated heterocycles. The van der Waals surface area contributed by atoms with Gasteiger partial charge in [-0.2, -0.15) is 0 Å². The molecule has 1 aromatic rings. The zero-order chi connectivity index (χ0) is 14.8. The number of ether oxygens (including phenoxy) is 1. The van der Waals surface area contributed by atoms with Gasteiger partial charge < -0.3 is 15.4 Å². The van der Waals surface area contributed by atoms with Crippen LogP contribution < -0.4 is 10.6 Å². The summed E-state index contributed by atoms with van der Waals surface area (Å²) in [6, 6.07) is 8.74. The molecule has 0 aliphatic rings. The number of benzene rings is 1. The lowest BCUT2D eigenvalue weighted by Crippen LogP contribution is -2.30. The van der Waals surface area contributed by atoms with Crippen molar-refractivity contribution in [3.8, 4) is 0 Å². The highest BCUT2D eigenvalue weighted by atomic mass is 32.2. The second-order valence-electron chi connectivity index (χ2n) is 4.54. The monoisotopic (exact) mass is 296 g/mol. The lowest BCUT2D eigenvalue weighted by molar-refractivity contribution is -0.121. The van der Waals surface area contributed by atoms with Gasteiger partial charge in [-0.1, -0.05) is 12.1 Å². The first-order valence-electron chi connectivity index (χ1n) is 6.80. The van der Waals surface area contributed by atoms with Gasteiger partial charge in [0.15, 0.2) is 0 Å². The van der Waals surface area contributed by atoms with E-state index >= 15 is 0 Å². The molecule has 0 aromatic heterocycles. The highest BCUT2D eigenvalue weighted by Gasteiger charge is 2.06. The zero-order valence-electron chi connectivity index (χ0n) is 12.4. The third-order valence-corrected chi connectivity index (χ3v) is 3.79. The molecule has 1 rings (SSSR count). The zero-order valence-corrected chi connectivity index (χ0v) is 13.3. The van der Waals surface area contributed by atoms with Crippen LogP contribution in [0.15, 0.2) is 29.2 Å². The summed E-state index contributed by atoms with van der Waals surface area (Å²) in [5.74, 6) is 0.0551. The predicted molar refractivity (Wildman–Crippen MR) is 84.1 cm³/mol. The fourth-order valence-electron chi connectivity index (χ4n) is 1.79. The van der Waals surface area contributed by atoms with Gasteiger partial charge in [0.25, 0.3) is 0 Å². The van der Waals surface area contributed by atoms with E-state index in [4.69, 9.17) is 4.74 Å². The summed E-state index contributed by atoms with van der Waals surface area (Å²) in [5, 5.41) is 6.16. The molecule has 112 valence electrons. The van der Waals surface area contributed by atoms with Crippen molar-refractivity contribution in [3.05, 3.63) is 29.8 Å². The molecule has 0 saturated carbocycles. The molecule has 1 aromatic carbocycles. The Hall–Kier alpha value is -1.04. The normalized spacial score (nSPS) is 12.2. The number of carbonyl (C=O) groups excluding carboxylic acids is 1. The smallest absolute Gasteiger partial charge is 0.221 e. The molecule has 0 radical (unpaired) electrons. The first kappa shape index (κ1) is 17.0. The number of carbonyl (C=O) groups is 1. The third kappa shape index (κ3) is 6.41. The number of rotatable bonds is 9. The van der Waals surface area contributed by atoms with Gasteiger partial charge in [0.1, 0.15) is 0 Å². The van der Waals surface area contributed by atoms with Crippen LogP contribution in [0.1, 0.15) is 24.9 Å². The Labute approximate surface area is 125 Å². The Morgan fingerprint density at radius 3 is 2.60 bits per heavy atom. The quantitative estimate of drug-likeness (QED) is 0.542. The molecule has 0 spiro atoms. The van der Waals surface area contributed by atoms with Crippen LogP contribution in [-0.2, 0) is 9.53 Å². The van der Waals surface area contributed by atoms with E-state index in [1.807, 2.05) is 0 Å². The van der Waals surface area contributed by atoms with Crippen LogP contribution in [0.4, 0.5) is 0 Å². The van der Waals surface area contributed by atoms with Crippen molar-refractivity contribution >= 4 is 17.7 Å². The van der Waals surface area contributed by atoms with Crippen LogP contribution in [0.25, 0.3) is 0 Å². The summed E-state index contributed by atoms with van der Waals surface area (Å²) in [5.41, 5.74) is 1.24. The predicted octanol–water partition coefficient (Wildman–Crippen LogP) is 2.21. The summed E-state index contributed by atoms with van der Waals surface area (Å²) >= 11 is 1.74. The van der Waals surface area contributed by atoms with Gasteiger partial charge in [0.05, 0.1) is 6.61 Å². The Bertz CT molecular complexity index is 395. The van der Waals surface area contributed by atoms with Gasteiger partial charge in [0, 0.05) is 37.6 Å². The molecule has 5 heteroatoms. The van der Waals surface area contributed by atoms with E-state index in [0.717, 1.165) is 0 Å². The number of methoxy groups -OCH3 is 1. The van der Waals surface area contributed by atoms with Crippen molar-refractivity contribution in [1.82, 2.24) is 10.6 Å². The van der Waals surface area contributed by atoms with Crippen LogP contribution in [0.5, 0.6) is 0 Å². The van der Waals surface area contributed by atoms with Crippen molar-refractivity contribution in [2.75, 3.05) is 33.1 Å². The van der Waals surface area contributed by atoms with Crippen molar-refractivity contribution in [1.29, 1.82) is 0 Å². The Kier molecular flexibility index (Phi) is 8.34. The van der Waals surface area contributed by atoms with Crippen LogP contribution >= 0.6 is 11.8 Å². The third-order valence-electron chi connectivity index (χ3n) is 3.05. The molecular formula is C15H24N2O2S. The highest BCUT2D eigenvalue weighted by molar-refractivity contribution is 7.98. The van der Waals surface area contributed by atoms with Crippen LogP contribution in [0.3, 0.4) is 0 Å². The molecule has 0 fully saturated rings. The van der Waals surface area contributed by atoms with Crippen molar-refractivity contribution < 1.29 is 9.53 Å². The second kappa shape index (κ2) is 9.80. The van der Waals surface area contributed by atoms with E-state index in [-0.39, 0.29) is 11.9 Å². The second-order valence-corrected chi connectivity index (χ2v) is 5.42. The van der Waals surface area contributed by atoms with E-state index in [9.17, 15) is 4.79 Å². The summed E-state index contributed by atoms with van der Waals surface area (Å²) in [4.78, 5) is 12.8. The van der Waals surface area contributed by atoms with Crippen LogP contribution in [0, 0.1) is 0 Å². The molecule has 0 aliphatic heterocycles. The topological polar surface area (TPSA) is 50.4 Å². The van der Waals surface area contributed by atoms with Gasteiger partial charge in [-0.25, -0.2) is 0 Å². The minimum Gasteiger partial charge on any atom is -0.383 e. The first-order valence-corrected chi connectivity index (χ1v) is 8.02. The SMILES string of the molecule is COCCNC(=O)CCNC(C)c1ccc(SC)cc1. The molecule has 0 heterocycles. The number of amides is 1. The van der Waals surface area contributed by atoms with E-state index in [1.54, 1.807) is 18.9 Å². The van der Waals surface area contributed by atoms with E-state index in [1.165, 1.54) is 10.5 Å². The van der Waals surface area contributed by atoms with E-state index < -0.39 is 0 Å².